The zero-order chi connectivity index (χ0) is 24.9. The minimum absolute atomic E-state index is 0.145. The average Bonchev–Trinajstić information content (AvgIpc) is 3.10. The van der Waals surface area contributed by atoms with E-state index in [1.807, 2.05) is 18.2 Å². The molecule has 0 bridgehead atoms. The molecule has 0 atom stereocenters. The number of ether oxygens (including phenoxy) is 2. The molecule has 0 radical (unpaired) electrons. The molecule has 1 aliphatic rings. The summed E-state index contributed by atoms with van der Waals surface area (Å²) < 4.78 is 11.3. The van der Waals surface area contributed by atoms with E-state index in [2.05, 4.69) is 0 Å². The number of carbonyl (C=O) groups excluding carboxylic acids is 2. The SMILES string of the molecule is COc1cc(/C=C2\SC(=O)N(Cc3ccccc3[N+](=O)[O-])C2=O)ccc1OCc1cccc(Cl)c1. The van der Waals surface area contributed by atoms with Gasteiger partial charge in [0, 0.05) is 16.7 Å². The van der Waals surface area contributed by atoms with Crippen molar-refractivity contribution in [2.24, 2.45) is 0 Å². The summed E-state index contributed by atoms with van der Waals surface area (Å²) in [5.74, 6) is 0.451. The number of hydrogen-bond acceptors (Lipinski definition) is 7. The van der Waals surface area contributed by atoms with E-state index in [0.717, 1.165) is 22.2 Å². The monoisotopic (exact) mass is 510 g/mol. The zero-order valence-corrected chi connectivity index (χ0v) is 20.0. The molecule has 0 N–H and O–H groups in total. The van der Waals surface area contributed by atoms with Crippen LogP contribution in [0.25, 0.3) is 6.08 Å². The fraction of sp³-hybridized carbons (Fsp3) is 0.120. The second kappa shape index (κ2) is 10.6. The normalized spacial score (nSPS) is 14.5. The second-order valence-electron chi connectivity index (χ2n) is 7.48. The smallest absolute Gasteiger partial charge is 0.293 e. The van der Waals surface area contributed by atoms with Crippen molar-refractivity contribution in [1.29, 1.82) is 0 Å². The summed E-state index contributed by atoms with van der Waals surface area (Å²) in [5.41, 5.74) is 1.67. The van der Waals surface area contributed by atoms with E-state index >= 15 is 0 Å². The highest BCUT2D eigenvalue weighted by atomic mass is 35.5. The van der Waals surface area contributed by atoms with Crippen LogP contribution < -0.4 is 9.47 Å². The highest BCUT2D eigenvalue weighted by Gasteiger charge is 2.36. The number of carbonyl (C=O) groups is 2. The van der Waals surface area contributed by atoms with Crippen LogP contribution >= 0.6 is 23.4 Å². The number of hydrogen-bond donors (Lipinski definition) is 0. The maximum atomic E-state index is 12.9. The number of nitro groups is 1. The highest BCUT2D eigenvalue weighted by Crippen LogP contribution is 2.36. The van der Waals surface area contributed by atoms with Crippen molar-refractivity contribution in [1.82, 2.24) is 4.90 Å². The molecule has 0 unspecified atom stereocenters. The van der Waals surface area contributed by atoms with Gasteiger partial charge in [0.15, 0.2) is 11.5 Å². The summed E-state index contributed by atoms with van der Waals surface area (Å²) in [6.07, 6.45) is 1.58. The molecule has 1 aliphatic heterocycles. The number of para-hydroxylation sites is 1. The van der Waals surface area contributed by atoms with Gasteiger partial charge in [0.25, 0.3) is 16.8 Å². The molecule has 0 aromatic heterocycles. The van der Waals surface area contributed by atoms with Gasteiger partial charge in [0.2, 0.25) is 0 Å². The highest BCUT2D eigenvalue weighted by molar-refractivity contribution is 8.18. The Hall–Kier alpha value is -3.82. The molecular weight excluding hydrogens is 492 g/mol. The number of rotatable bonds is 8. The van der Waals surface area contributed by atoms with E-state index in [1.54, 1.807) is 36.4 Å². The lowest BCUT2D eigenvalue weighted by Gasteiger charge is -2.13. The lowest BCUT2D eigenvalue weighted by atomic mass is 10.1. The van der Waals surface area contributed by atoms with Gasteiger partial charge in [-0.2, -0.15) is 0 Å². The molecule has 2 amide bonds. The molecular formula is C25H19ClN2O6S. The Kier molecular flexibility index (Phi) is 7.38. The molecule has 4 rings (SSSR count). The Balaban J connectivity index is 1.50. The maximum absolute atomic E-state index is 12.9. The number of nitro benzene ring substituents is 1. The number of methoxy groups -OCH3 is 1. The molecule has 10 heteroatoms. The maximum Gasteiger partial charge on any atom is 0.293 e. The van der Waals surface area contributed by atoms with E-state index in [1.165, 1.54) is 25.3 Å². The van der Waals surface area contributed by atoms with Crippen LogP contribution in [-0.4, -0.2) is 28.1 Å². The molecule has 1 heterocycles. The van der Waals surface area contributed by atoms with Crippen LogP contribution in [0.3, 0.4) is 0 Å². The van der Waals surface area contributed by atoms with Crippen molar-refractivity contribution in [3.8, 4) is 11.5 Å². The minimum atomic E-state index is -0.535. The van der Waals surface area contributed by atoms with Gasteiger partial charge in [-0.05, 0) is 53.2 Å². The average molecular weight is 511 g/mol. The van der Waals surface area contributed by atoms with Crippen LogP contribution in [0.1, 0.15) is 16.7 Å². The molecule has 1 saturated heterocycles. The number of amides is 2. The molecule has 8 nitrogen and oxygen atoms in total. The Labute approximate surface area is 210 Å². The number of thioether (sulfide) groups is 1. The summed E-state index contributed by atoms with van der Waals surface area (Å²) in [4.78, 5) is 37.3. The lowest BCUT2D eigenvalue weighted by Crippen LogP contribution is -2.27. The lowest BCUT2D eigenvalue weighted by molar-refractivity contribution is -0.385. The summed E-state index contributed by atoms with van der Waals surface area (Å²) in [6, 6.07) is 18.5. The van der Waals surface area contributed by atoms with Crippen molar-refractivity contribution in [2.75, 3.05) is 7.11 Å². The molecule has 0 saturated carbocycles. The quantitative estimate of drug-likeness (QED) is 0.206. The molecule has 1 fully saturated rings. The van der Waals surface area contributed by atoms with Gasteiger partial charge < -0.3 is 9.47 Å². The number of nitrogens with zero attached hydrogens (tertiary/aromatic N) is 2. The number of halogens is 1. The first-order valence-corrected chi connectivity index (χ1v) is 11.6. The van der Waals surface area contributed by atoms with Gasteiger partial charge in [-0.25, -0.2) is 0 Å². The Morgan fingerprint density at radius 1 is 1.06 bits per heavy atom. The molecule has 3 aromatic rings. The molecule has 0 spiro atoms. The van der Waals surface area contributed by atoms with Gasteiger partial charge in [0.05, 0.1) is 23.5 Å². The summed E-state index contributed by atoms with van der Waals surface area (Å²) in [5, 5.41) is 11.4. The first-order valence-electron chi connectivity index (χ1n) is 10.4. The number of benzene rings is 3. The van der Waals surface area contributed by atoms with Crippen LogP contribution in [0.5, 0.6) is 11.5 Å². The van der Waals surface area contributed by atoms with Gasteiger partial charge in [-0.3, -0.25) is 24.6 Å². The standard InChI is InChI=1S/C25H19ClN2O6S/c1-33-22-12-16(9-10-21(22)34-15-17-5-4-7-19(26)11-17)13-23-24(29)27(25(30)35-23)14-18-6-2-3-8-20(18)28(31)32/h2-13H,14-15H2,1H3/b23-13-. The van der Waals surface area contributed by atoms with Crippen molar-refractivity contribution in [3.05, 3.63) is 103 Å². The molecule has 0 aliphatic carbocycles. The first-order chi connectivity index (χ1) is 16.9. The fourth-order valence-electron chi connectivity index (χ4n) is 3.46. The van der Waals surface area contributed by atoms with Gasteiger partial charge in [-0.15, -0.1) is 0 Å². The van der Waals surface area contributed by atoms with E-state index in [9.17, 15) is 19.7 Å². The zero-order valence-electron chi connectivity index (χ0n) is 18.5. The van der Waals surface area contributed by atoms with Gasteiger partial charge >= 0.3 is 0 Å². The van der Waals surface area contributed by atoms with E-state index in [4.69, 9.17) is 21.1 Å². The molecule has 178 valence electrons. The van der Waals surface area contributed by atoms with E-state index in [-0.39, 0.29) is 22.7 Å². The largest absolute Gasteiger partial charge is 0.493 e. The third kappa shape index (κ3) is 5.64. The van der Waals surface area contributed by atoms with E-state index < -0.39 is 16.1 Å². The van der Waals surface area contributed by atoms with Crippen molar-refractivity contribution < 1.29 is 24.0 Å². The first kappa shape index (κ1) is 24.3. The summed E-state index contributed by atoms with van der Waals surface area (Å²) in [7, 11) is 1.51. The van der Waals surface area contributed by atoms with Gasteiger partial charge in [0.1, 0.15) is 6.61 Å². The molecule has 3 aromatic carbocycles. The third-order valence-corrected chi connectivity index (χ3v) is 6.30. The van der Waals surface area contributed by atoms with Crippen molar-refractivity contribution in [3.63, 3.8) is 0 Å². The number of imide groups is 1. The minimum Gasteiger partial charge on any atom is -0.493 e. The predicted molar refractivity (Wildman–Crippen MR) is 133 cm³/mol. The third-order valence-electron chi connectivity index (χ3n) is 5.16. The van der Waals surface area contributed by atoms with Crippen molar-refractivity contribution in [2.45, 2.75) is 13.2 Å². The predicted octanol–water partition coefficient (Wildman–Crippen LogP) is 6.07. The topological polar surface area (TPSA) is 99.0 Å². The Bertz CT molecular complexity index is 1340. The van der Waals surface area contributed by atoms with Crippen LogP contribution in [0.15, 0.2) is 71.6 Å². The van der Waals surface area contributed by atoms with E-state index in [0.29, 0.717) is 28.7 Å². The fourth-order valence-corrected chi connectivity index (χ4v) is 4.51. The van der Waals surface area contributed by atoms with Crippen molar-refractivity contribution >= 4 is 46.3 Å². The summed E-state index contributed by atoms with van der Waals surface area (Å²) in [6.45, 7) is 0.111. The van der Waals surface area contributed by atoms with Crippen LogP contribution in [0.2, 0.25) is 5.02 Å². The van der Waals surface area contributed by atoms with Crippen LogP contribution in [0.4, 0.5) is 10.5 Å². The summed E-state index contributed by atoms with van der Waals surface area (Å²) >= 11 is 6.79. The Morgan fingerprint density at radius 3 is 2.60 bits per heavy atom. The molecule has 35 heavy (non-hydrogen) atoms. The van der Waals surface area contributed by atoms with Crippen LogP contribution in [-0.2, 0) is 17.9 Å². The Morgan fingerprint density at radius 2 is 1.86 bits per heavy atom. The second-order valence-corrected chi connectivity index (χ2v) is 8.91. The van der Waals surface area contributed by atoms with Gasteiger partial charge in [-0.1, -0.05) is 48.0 Å². The van der Waals surface area contributed by atoms with Crippen LogP contribution in [0, 0.1) is 10.1 Å².